The van der Waals surface area contributed by atoms with Crippen LogP contribution in [-0.2, 0) is 11.8 Å². The fourth-order valence-electron chi connectivity index (χ4n) is 0.703. The van der Waals surface area contributed by atoms with E-state index in [1.54, 1.807) is 17.9 Å². The lowest BCUT2D eigenvalue weighted by Gasteiger charge is -1.98. The molecule has 0 aliphatic heterocycles. The molecule has 1 amide bonds. The molecule has 3 N–H and O–H groups in total. The van der Waals surface area contributed by atoms with Crippen LogP contribution >= 0.6 is 0 Å². The van der Waals surface area contributed by atoms with Gasteiger partial charge in [-0.15, -0.1) is 0 Å². The zero-order valence-electron chi connectivity index (χ0n) is 6.46. The maximum Gasteiger partial charge on any atom is 0.222 e. The van der Waals surface area contributed by atoms with Gasteiger partial charge in [-0.25, -0.2) is 4.98 Å². The van der Waals surface area contributed by atoms with Crippen molar-refractivity contribution in [2.45, 2.75) is 6.92 Å². The van der Waals surface area contributed by atoms with Crippen LogP contribution < -0.4 is 11.1 Å². The Morgan fingerprint density at radius 1 is 1.82 bits per heavy atom. The molecule has 1 aromatic heterocycles. The zero-order valence-corrected chi connectivity index (χ0v) is 6.46. The number of carbonyl (C=O) groups is 1. The lowest BCUT2D eigenvalue weighted by Crippen LogP contribution is -2.08. The molecule has 1 heterocycles. The van der Waals surface area contributed by atoms with E-state index in [4.69, 9.17) is 5.73 Å². The van der Waals surface area contributed by atoms with Gasteiger partial charge in [0.05, 0.1) is 6.33 Å². The molecule has 60 valence electrons. The van der Waals surface area contributed by atoms with Crippen molar-refractivity contribution in [3.63, 3.8) is 0 Å². The molecule has 0 aromatic carbocycles. The third-order valence-electron chi connectivity index (χ3n) is 1.28. The molecular formula is C6H10N4O. The van der Waals surface area contributed by atoms with Crippen molar-refractivity contribution in [1.82, 2.24) is 9.55 Å². The quantitative estimate of drug-likeness (QED) is 0.596. The van der Waals surface area contributed by atoms with E-state index in [0.717, 1.165) is 0 Å². The molecule has 5 nitrogen and oxygen atoms in total. The van der Waals surface area contributed by atoms with Crippen LogP contribution in [0.3, 0.4) is 0 Å². The second-order valence-electron chi connectivity index (χ2n) is 2.27. The molecule has 0 spiro atoms. The number of nitrogens with two attached hydrogens (primary N) is 1. The molecule has 1 aromatic rings. The highest BCUT2D eigenvalue weighted by atomic mass is 16.1. The molecular weight excluding hydrogens is 144 g/mol. The summed E-state index contributed by atoms with van der Waals surface area (Å²) in [5.74, 6) is 0.704. The van der Waals surface area contributed by atoms with Crippen molar-refractivity contribution in [1.29, 1.82) is 0 Å². The van der Waals surface area contributed by atoms with E-state index in [0.29, 0.717) is 11.6 Å². The van der Waals surface area contributed by atoms with E-state index < -0.39 is 0 Å². The van der Waals surface area contributed by atoms with E-state index in [1.807, 2.05) is 0 Å². The van der Waals surface area contributed by atoms with E-state index in [2.05, 4.69) is 10.3 Å². The van der Waals surface area contributed by atoms with Gasteiger partial charge in [0.15, 0.2) is 5.82 Å². The van der Waals surface area contributed by atoms with Gasteiger partial charge < -0.3 is 15.6 Å². The summed E-state index contributed by atoms with van der Waals surface area (Å²) in [6.07, 6.45) is 1.54. The third-order valence-corrected chi connectivity index (χ3v) is 1.28. The number of rotatable bonds is 1. The number of hydrogen-bond donors (Lipinski definition) is 2. The van der Waals surface area contributed by atoms with Crippen molar-refractivity contribution < 1.29 is 4.79 Å². The van der Waals surface area contributed by atoms with Crippen LogP contribution in [0.15, 0.2) is 6.33 Å². The molecule has 0 bridgehead atoms. The fourth-order valence-corrected chi connectivity index (χ4v) is 0.703. The number of nitrogens with zero attached hydrogens (tertiary/aromatic N) is 2. The smallest absolute Gasteiger partial charge is 0.222 e. The van der Waals surface area contributed by atoms with Crippen molar-refractivity contribution in [2.24, 2.45) is 7.05 Å². The van der Waals surface area contributed by atoms with Crippen molar-refractivity contribution in [2.75, 3.05) is 11.1 Å². The molecule has 0 atom stereocenters. The Hall–Kier alpha value is -1.52. The minimum absolute atomic E-state index is 0.171. The number of aromatic nitrogens is 2. The second kappa shape index (κ2) is 2.61. The molecule has 0 radical (unpaired) electrons. The predicted octanol–water partition coefficient (Wildman–Crippen LogP) is -0.0393. The van der Waals surface area contributed by atoms with Crippen LogP contribution in [0.2, 0.25) is 0 Å². The van der Waals surface area contributed by atoms with Crippen molar-refractivity contribution in [3.8, 4) is 0 Å². The number of imidazole rings is 1. The minimum atomic E-state index is -0.171. The summed E-state index contributed by atoms with van der Waals surface area (Å²) in [5, 5.41) is 2.50. The normalized spacial score (nSPS) is 9.64. The number of amides is 1. The largest absolute Gasteiger partial charge is 0.382 e. The maximum atomic E-state index is 10.6. The first-order valence-electron chi connectivity index (χ1n) is 3.15. The molecule has 0 aliphatic carbocycles. The molecule has 1 rings (SSSR count). The lowest BCUT2D eigenvalue weighted by atomic mass is 10.6. The van der Waals surface area contributed by atoms with Crippen LogP contribution in [0, 0.1) is 0 Å². The molecule has 5 heteroatoms. The molecule has 0 fully saturated rings. The van der Waals surface area contributed by atoms with E-state index in [-0.39, 0.29) is 5.91 Å². The number of nitrogen functional groups attached to an aromatic ring is 1. The summed E-state index contributed by atoms with van der Waals surface area (Å²) in [6, 6.07) is 0. The first-order chi connectivity index (χ1) is 5.11. The van der Waals surface area contributed by atoms with Gasteiger partial charge in [0, 0.05) is 14.0 Å². The fraction of sp³-hybridized carbons (Fsp3) is 0.333. The lowest BCUT2D eigenvalue weighted by molar-refractivity contribution is -0.114. The van der Waals surface area contributed by atoms with Crippen LogP contribution in [-0.4, -0.2) is 15.5 Å². The summed E-state index contributed by atoms with van der Waals surface area (Å²) in [4.78, 5) is 14.4. The van der Waals surface area contributed by atoms with Gasteiger partial charge in [0.25, 0.3) is 0 Å². The number of anilines is 2. The number of carbonyl (C=O) groups excluding carboxylic acids is 1. The van der Waals surface area contributed by atoms with Crippen LogP contribution in [0.5, 0.6) is 0 Å². The SMILES string of the molecule is CC(=O)Nc1ncn(C)c1N. The highest BCUT2D eigenvalue weighted by Gasteiger charge is 2.04. The third kappa shape index (κ3) is 1.49. The Morgan fingerprint density at radius 3 is 2.82 bits per heavy atom. The van der Waals surface area contributed by atoms with Crippen LogP contribution in [0.4, 0.5) is 11.6 Å². The van der Waals surface area contributed by atoms with Crippen LogP contribution in [0.1, 0.15) is 6.92 Å². The summed E-state index contributed by atoms with van der Waals surface area (Å²) in [6.45, 7) is 1.41. The average molecular weight is 154 g/mol. The van der Waals surface area contributed by atoms with E-state index in [1.165, 1.54) is 6.92 Å². The summed E-state index contributed by atoms with van der Waals surface area (Å²) < 4.78 is 1.63. The van der Waals surface area contributed by atoms with Gasteiger partial charge in [-0.2, -0.15) is 0 Å². The van der Waals surface area contributed by atoms with E-state index in [9.17, 15) is 4.79 Å². The summed E-state index contributed by atoms with van der Waals surface area (Å²) in [7, 11) is 1.76. The van der Waals surface area contributed by atoms with Gasteiger partial charge in [-0.05, 0) is 0 Å². The monoisotopic (exact) mass is 154 g/mol. The highest BCUT2D eigenvalue weighted by molar-refractivity contribution is 5.90. The summed E-state index contributed by atoms with van der Waals surface area (Å²) >= 11 is 0. The molecule has 0 saturated heterocycles. The van der Waals surface area contributed by atoms with Gasteiger partial charge in [0.1, 0.15) is 5.82 Å². The Bertz CT molecular complexity index is 278. The summed E-state index contributed by atoms with van der Waals surface area (Å²) in [5.41, 5.74) is 5.54. The van der Waals surface area contributed by atoms with Gasteiger partial charge in [-0.3, -0.25) is 4.79 Å². The standard InChI is InChI=1S/C6H10N4O/c1-4(11)9-6-5(7)10(2)3-8-6/h3H,7H2,1-2H3,(H,9,11). The van der Waals surface area contributed by atoms with Crippen molar-refractivity contribution in [3.05, 3.63) is 6.33 Å². The van der Waals surface area contributed by atoms with Gasteiger partial charge in [0.2, 0.25) is 5.91 Å². The zero-order chi connectivity index (χ0) is 8.43. The maximum absolute atomic E-state index is 10.6. The first-order valence-corrected chi connectivity index (χ1v) is 3.15. The molecule has 0 saturated carbocycles. The van der Waals surface area contributed by atoms with Gasteiger partial charge in [-0.1, -0.05) is 0 Å². The Morgan fingerprint density at radius 2 is 2.45 bits per heavy atom. The Labute approximate surface area is 64.2 Å². The Kier molecular flexibility index (Phi) is 1.80. The predicted molar refractivity (Wildman–Crippen MR) is 41.9 cm³/mol. The molecule has 11 heavy (non-hydrogen) atoms. The molecule has 0 unspecified atom stereocenters. The van der Waals surface area contributed by atoms with Gasteiger partial charge >= 0.3 is 0 Å². The topological polar surface area (TPSA) is 72.9 Å². The second-order valence-corrected chi connectivity index (χ2v) is 2.27. The number of nitrogens with one attached hydrogen (secondary N) is 1. The Balaban J connectivity index is 2.87. The molecule has 0 aliphatic rings. The van der Waals surface area contributed by atoms with E-state index >= 15 is 0 Å². The average Bonchev–Trinajstić information content (AvgIpc) is 2.18. The minimum Gasteiger partial charge on any atom is -0.382 e. The first kappa shape index (κ1) is 7.59. The highest BCUT2D eigenvalue weighted by Crippen LogP contribution is 2.13. The van der Waals surface area contributed by atoms with Crippen molar-refractivity contribution >= 4 is 17.5 Å². The van der Waals surface area contributed by atoms with Crippen LogP contribution in [0.25, 0.3) is 0 Å². The number of aryl methyl sites for hydroxylation is 1. The number of hydrogen-bond acceptors (Lipinski definition) is 3.